The lowest BCUT2D eigenvalue weighted by atomic mass is 10.0. The van der Waals surface area contributed by atoms with Crippen molar-refractivity contribution in [3.63, 3.8) is 0 Å². The van der Waals surface area contributed by atoms with Crippen LogP contribution in [0.4, 0.5) is 5.82 Å². The Bertz CT molecular complexity index is 1070. The average molecular weight is 435 g/mol. The summed E-state index contributed by atoms with van der Waals surface area (Å²) in [6.45, 7) is 7.04. The van der Waals surface area contributed by atoms with Crippen molar-refractivity contribution in [3.05, 3.63) is 71.4 Å². The minimum absolute atomic E-state index is 0.111. The van der Waals surface area contributed by atoms with Gasteiger partial charge in [-0.05, 0) is 56.0 Å². The zero-order valence-corrected chi connectivity index (χ0v) is 18.6. The van der Waals surface area contributed by atoms with E-state index >= 15 is 0 Å². The van der Waals surface area contributed by atoms with Gasteiger partial charge in [0.1, 0.15) is 5.82 Å². The van der Waals surface area contributed by atoms with Gasteiger partial charge in [0.2, 0.25) is 0 Å². The molecule has 0 bridgehead atoms. The maximum absolute atomic E-state index is 12.7. The molecule has 4 rings (SSSR count). The summed E-state index contributed by atoms with van der Waals surface area (Å²) in [7, 11) is 0. The Balaban J connectivity index is 1.36. The standard InChI is InChI=1S/C25H30N4O3/c1-3-32-23-16-19(8-9-22(23)30)17-28-14-11-20(12-15-28)29-24(10-13-26-29)27-25(31)21-7-5-4-6-18(21)2/h4-10,13,16,20,30H,3,11-12,14-15,17H2,1-2H3,(H,27,31). The Kier molecular flexibility index (Phi) is 6.75. The number of anilines is 1. The number of phenols is 1. The molecule has 3 aromatic rings. The van der Waals surface area contributed by atoms with Crippen LogP contribution in [0.25, 0.3) is 0 Å². The van der Waals surface area contributed by atoms with E-state index in [-0.39, 0.29) is 17.7 Å². The van der Waals surface area contributed by atoms with Crippen molar-refractivity contribution in [2.45, 2.75) is 39.3 Å². The number of likely N-dealkylation sites (tertiary alicyclic amines) is 1. The first-order valence-electron chi connectivity index (χ1n) is 11.1. The fourth-order valence-corrected chi connectivity index (χ4v) is 4.22. The van der Waals surface area contributed by atoms with Gasteiger partial charge >= 0.3 is 0 Å². The highest BCUT2D eigenvalue weighted by molar-refractivity contribution is 6.04. The van der Waals surface area contributed by atoms with Gasteiger partial charge in [0.15, 0.2) is 11.5 Å². The molecular weight excluding hydrogens is 404 g/mol. The van der Waals surface area contributed by atoms with Crippen LogP contribution in [0.5, 0.6) is 11.5 Å². The number of amides is 1. The van der Waals surface area contributed by atoms with Crippen LogP contribution in [0.1, 0.15) is 47.3 Å². The third-order valence-corrected chi connectivity index (χ3v) is 5.93. The summed E-state index contributed by atoms with van der Waals surface area (Å²) in [5, 5.41) is 17.4. The van der Waals surface area contributed by atoms with Gasteiger partial charge in [-0.25, -0.2) is 4.68 Å². The molecule has 1 aliphatic heterocycles. The Labute approximate surface area is 188 Å². The lowest BCUT2D eigenvalue weighted by molar-refractivity contribution is 0.102. The minimum atomic E-state index is -0.111. The highest BCUT2D eigenvalue weighted by atomic mass is 16.5. The van der Waals surface area contributed by atoms with Gasteiger partial charge in [0.25, 0.3) is 5.91 Å². The third kappa shape index (κ3) is 4.94. The van der Waals surface area contributed by atoms with E-state index in [1.807, 2.05) is 61.0 Å². The molecule has 1 fully saturated rings. The van der Waals surface area contributed by atoms with Gasteiger partial charge in [0.05, 0.1) is 18.8 Å². The molecule has 2 N–H and O–H groups in total. The van der Waals surface area contributed by atoms with Crippen molar-refractivity contribution >= 4 is 11.7 Å². The molecule has 1 aliphatic rings. The smallest absolute Gasteiger partial charge is 0.257 e. The van der Waals surface area contributed by atoms with Gasteiger partial charge in [-0.3, -0.25) is 9.69 Å². The largest absolute Gasteiger partial charge is 0.504 e. The fraction of sp³-hybridized carbons (Fsp3) is 0.360. The Morgan fingerprint density at radius 1 is 1.19 bits per heavy atom. The Morgan fingerprint density at radius 3 is 2.72 bits per heavy atom. The monoisotopic (exact) mass is 434 g/mol. The first-order valence-corrected chi connectivity index (χ1v) is 11.1. The highest BCUT2D eigenvalue weighted by Gasteiger charge is 2.24. The molecule has 0 radical (unpaired) electrons. The van der Waals surface area contributed by atoms with Crippen LogP contribution in [0.15, 0.2) is 54.7 Å². The number of aryl methyl sites for hydroxylation is 1. The molecular formula is C25H30N4O3. The summed E-state index contributed by atoms with van der Waals surface area (Å²) >= 11 is 0. The fourth-order valence-electron chi connectivity index (χ4n) is 4.22. The van der Waals surface area contributed by atoms with E-state index in [1.165, 1.54) is 0 Å². The number of nitrogens with zero attached hydrogens (tertiary/aromatic N) is 3. The Morgan fingerprint density at radius 2 is 1.97 bits per heavy atom. The molecule has 168 valence electrons. The summed E-state index contributed by atoms with van der Waals surface area (Å²) in [5.74, 6) is 1.33. The molecule has 2 aromatic carbocycles. The van der Waals surface area contributed by atoms with Crippen LogP contribution in [-0.4, -0.2) is 45.4 Å². The Hall–Kier alpha value is -3.32. The van der Waals surface area contributed by atoms with E-state index in [0.717, 1.165) is 49.4 Å². The topological polar surface area (TPSA) is 79.6 Å². The van der Waals surface area contributed by atoms with E-state index in [9.17, 15) is 9.90 Å². The number of nitrogens with one attached hydrogen (secondary N) is 1. The van der Waals surface area contributed by atoms with Crippen molar-refractivity contribution < 1.29 is 14.6 Å². The third-order valence-electron chi connectivity index (χ3n) is 5.93. The van der Waals surface area contributed by atoms with E-state index < -0.39 is 0 Å². The number of hydrogen-bond acceptors (Lipinski definition) is 5. The zero-order valence-electron chi connectivity index (χ0n) is 18.6. The van der Waals surface area contributed by atoms with Gasteiger partial charge in [-0.15, -0.1) is 0 Å². The number of rotatable bonds is 7. The number of piperidine rings is 1. The minimum Gasteiger partial charge on any atom is -0.504 e. The van der Waals surface area contributed by atoms with Crippen LogP contribution in [-0.2, 0) is 6.54 Å². The van der Waals surface area contributed by atoms with Crippen LogP contribution in [0.3, 0.4) is 0 Å². The van der Waals surface area contributed by atoms with Gasteiger partial charge < -0.3 is 15.2 Å². The summed E-state index contributed by atoms with van der Waals surface area (Å²) in [6.07, 6.45) is 3.64. The molecule has 0 aliphatic carbocycles. The lowest BCUT2D eigenvalue weighted by Crippen LogP contribution is -2.35. The predicted molar refractivity (Wildman–Crippen MR) is 124 cm³/mol. The van der Waals surface area contributed by atoms with Crippen molar-refractivity contribution in [1.29, 1.82) is 0 Å². The number of aromatic hydroxyl groups is 1. The van der Waals surface area contributed by atoms with E-state index in [4.69, 9.17) is 4.74 Å². The SMILES string of the molecule is CCOc1cc(CN2CCC(n3nccc3NC(=O)c3ccccc3C)CC2)ccc1O. The van der Waals surface area contributed by atoms with Crippen LogP contribution >= 0.6 is 0 Å². The molecule has 0 saturated carbocycles. The van der Waals surface area contributed by atoms with Crippen LogP contribution in [0, 0.1) is 6.92 Å². The zero-order chi connectivity index (χ0) is 22.5. The molecule has 0 spiro atoms. The maximum atomic E-state index is 12.7. The van der Waals surface area contributed by atoms with Gasteiger partial charge in [0, 0.05) is 31.3 Å². The molecule has 7 nitrogen and oxygen atoms in total. The number of carbonyl (C=O) groups is 1. The summed E-state index contributed by atoms with van der Waals surface area (Å²) < 4.78 is 7.45. The number of carbonyl (C=O) groups excluding carboxylic acids is 1. The number of ether oxygens (including phenoxy) is 1. The van der Waals surface area contributed by atoms with Gasteiger partial charge in [-0.1, -0.05) is 24.3 Å². The molecule has 1 saturated heterocycles. The van der Waals surface area contributed by atoms with Crippen LogP contribution < -0.4 is 10.1 Å². The summed E-state index contributed by atoms with van der Waals surface area (Å²) in [4.78, 5) is 15.1. The number of hydrogen-bond donors (Lipinski definition) is 2. The second-order valence-corrected chi connectivity index (χ2v) is 8.17. The first kappa shape index (κ1) is 21.9. The quantitative estimate of drug-likeness (QED) is 0.577. The van der Waals surface area contributed by atoms with E-state index in [1.54, 1.807) is 12.3 Å². The van der Waals surface area contributed by atoms with Crippen molar-refractivity contribution in [2.24, 2.45) is 0 Å². The van der Waals surface area contributed by atoms with Crippen molar-refractivity contribution in [2.75, 3.05) is 25.0 Å². The molecule has 2 heterocycles. The summed E-state index contributed by atoms with van der Waals surface area (Å²) in [6, 6.07) is 15.2. The second kappa shape index (κ2) is 9.87. The normalized spacial score (nSPS) is 14.9. The van der Waals surface area contributed by atoms with E-state index in [2.05, 4.69) is 15.3 Å². The maximum Gasteiger partial charge on any atom is 0.257 e. The van der Waals surface area contributed by atoms with E-state index in [0.29, 0.717) is 17.9 Å². The molecule has 32 heavy (non-hydrogen) atoms. The highest BCUT2D eigenvalue weighted by Crippen LogP contribution is 2.30. The van der Waals surface area contributed by atoms with Crippen LogP contribution in [0.2, 0.25) is 0 Å². The molecule has 1 aromatic heterocycles. The molecule has 0 unspecified atom stereocenters. The predicted octanol–water partition coefficient (Wildman–Crippen LogP) is 4.39. The molecule has 1 amide bonds. The molecule has 0 atom stereocenters. The van der Waals surface area contributed by atoms with Gasteiger partial charge in [-0.2, -0.15) is 5.10 Å². The average Bonchev–Trinajstić information content (AvgIpc) is 3.25. The van der Waals surface area contributed by atoms with Crippen molar-refractivity contribution in [3.8, 4) is 11.5 Å². The number of benzene rings is 2. The summed E-state index contributed by atoms with van der Waals surface area (Å²) in [5.41, 5.74) is 2.75. The molecule has 7 heteroatoms. The van der Waals surface area contributed by atoms with Crippen molar-refractivity contribution in [1.82, 2.24) is 14.7 Å². The number of phenolic OH excluding ortho intramolecular Hbond substituents is 1. The lowest BCUT2D eigenvalue weighted by Gasteiger charge is -2.32. The second-order valence-electron chi connectivity index (χ2n) is 8.17. The first-order chi connectivity index (χ1) is 15.5. The number of aromatic nitrogens is 2.